The highest BCUT2D eigenvalue weighted by Crippen LogP contribution is 2.30. The number of nitrogens with zero attached hydrogens (tertiary/aromatic N) is 2. The van der Waals surface area contributed by atoms with E-state index in [-0.39, 0.29) is 12.5 Å². The molecular weight excluding hydrogens is 370 g/mol. The minimum absolute atomic E-state index is 0.110. The molecule has 4 rings (SSSR count). The molecule has 0 fully saturated rings. The number of aryl methyl sites for hydroxylation is 1. The van der Waals surface area contributed by atoms with Crippen molar-refractivity contribution in [3.63, 3.8) is 0 Å². The molecule has 1 heterocycles. The van der Waals surface area contributed by atoms with Crippen LogP contribution in [0.5, 0.6) is 0 Å². The lowest BCUT2D eigenvalue weighted by Gasteiger charge is -2.11. The predicted octanol–water partition coefficient (Wildman–Crippen LogP) is 5.56. The lowest BCUT2D eigenvalue weighted by Crippen LogP contribution is -2.19. The Morgan fingerprint density at radius 2 is 1.71 bits per heavy atom. The molecule has 0 aliphatic rings. The smallest absolute Gasteiger partial charge is 0.244 e. The topological polar surface area (TPSA) is 46.9 Å². The van der Waals surface area contributed by atoms with Crippen LogP contribution in [0.2, 0.25) is 5.02 Å². The SMILES string of the molecule is CCc1ccc(NC(=O)Cn2c(-c3ccccc3Cl)nc3ccccc32)cc1. The molecule has 0 bridgehead atoms. The molecule has 0 saturated carbocycles. The summed E-state index contributed by atoms with van der Waals surface area (Å²) in [7, 11) is 0. The first kappa shape index (κ1) is 18.3. The highest BCUT2D eigenvalue weighted by atomic mass is 35.5. The Labute approximate surface area is 168 Å². The summed E-state index contributed by atoms with van der Waals surface area (Å²) in [5, 5.41) is 3.58. The maximum absolute atomic E-state index is 12.8. The predicted molar refractivity (Wildman–Crippen MR) is 115 cm³/mol. The van der Waals surface area contributed by atoms with E-state index in [2.05, 4.69) is 12.2 Å². The molecule has 0 unspecified atom stereocenters. The number of imidazole rings is 1. The van der Waals surface area contributed by atoms with Crippen LogP contribution in [0.15, 0.2) is 72.8 Å². The fourth-order valence-corrected chi connectivity index (χ4v) is 3.47. The van der Waals surface area contributed by atoms with Gasteiger partial charge in [-0.3, -0.25) is 4.79 Å². The van der Waals surface area contributed by atoms with Gasteiger partial charge in [0.05, 0.1) is 16.1 Å². The van der Waals surface area contributed by atoms with Crippen LogP contribution in [-0.2, 0) is 17.8 Å². The van der Waals surface area contributed by atoms with E-state index >= 15 is 0 Å². The molecule has 4 aromatic rings. The number of aromatic nitrogens is 2. The van der Waals surface area contributed by atoms with E-state index in [4.69, 9.17) is 16.6 Å². The van der Waals surface area contributed by atoms with Crippen molar-refractivity contribution >= 4 is 34.2 Å². The summed E-state index contributed by atoms with van der Waals surface area (Å²) in [5.74, 6) is 0.573. The molecule has 1 aromatic heterocycles. The van der Waals surface area contributed by atoms with Crippen molar-refractivity contribution in [2.75, 3.05) is 5.32 Å². The zero-order valence-electron chi connectivity index (χ0n) is 15.5. The summed E-state index contributed by atoms with van der Waals surface area (Å²) >= 11 is 6.40. The first-order chi connectivity index (χ1) is 13.7. The number of anilines is 1. The molecule has 0 saturated heterocycles. The number of para-hydroxylation sites is 2. The van der Waals surface area contributed by atoms with Crippen LogP contribution < -0.4 is 5.32 Å². The number of nitrogens with one attached hydrogen (secondary N) is 1. The second kappa shape index (κ2) is 7.87. The molecule has 5 heteroatoms. The van der Waals surface area contributed by atoms with Gasteiger partial charge in [-0.2, -0.15) is 0 Å². The van der Waals surface area contributed by atoms with Gasteiger partial charge in [0.1, 0.15) is 12.4 Å². The summed E-state index contributed by atoms with van der Waals surface area (Å²) in [6.07, 6.45) is 0.969. The van der Waals surface area contributed by atoms with E-state index in [9.17, 15) is 4.79 Å². The molecule has 4 nitrogen and oxygen atoms in total. The molecule has 0 atom stereocenters. The Morgan fingerprint density at radius 1 is 1.00 bits per heavy atom. The third-order valence-electron chi connectivity index (χ3n) is 4.72. The first-order valence-electron chi connectivity index (χ1n) is 9.24. The quantitative estimate of drug-likeness (QED) is 0.486. The van der Waals surface area contributed by atoms with Gasteiger partial charge in [-0.15, -0.1) is 0 Å². The molecule has 0 spiro atoms. The Kier molecular flexibility index (Phi) is 5.13. The minimum Gasteiger partial charge on any atom is -0.325 e. The van der Waals surface area contributed by atoms with Gasteiger partial charge in [0, 0.05) is 11.3 Å². The van der Waals surface area contributed by atoms with Gasteiger partial charge in [-0.05, 0) is 48.4 Å². The van der Waals surface area contributed by atoms with Gasteiger partial charge >= 0.3 is 0 Å². The molecule has 1 N–H and O–H groups in total. The molecule has 0 radical (unpaired) electrons. The average molecular weight is 390 g/mol. The van der Waals surface area contributed by atoms with E-state index in [1.807, 2.05) is 77.4 Å². The van der Waals surface area contributed by atoms with Crippen LogP contribution >= 0.6 is 11.6 Å². The Hall–Kier alpha value is -3.11. The second-order valence-corrected chi connectivity index (χ2v) is 7.00. The van der Waals surface area contributed by atoms with Crippen LogP contribution in [-0.4, -0.2) is 15.5 Å². The first-order valence-corrected chi connectivity index (χ1v) is 9.62. The van der Waals surface area contributed by atoms with E-state index in [1.54, 1.807) is 0 Å². The van der Waals surface area contributed by atoms with Gasteiger partial charge in [-0.1, -0.05) is 54.9 Å². The maximum atomic E-state index is 12.8. The third kappa shape index (κ3) is 3.64. The Morgan fingerprint density at radius 3 is 2.46 bits per heavy atom. The highest BCUT2D eigenvalue weighted by Gasteiger charge is 2.17. The number of rotatable bonds is 5. The number of hydrogen-bond donors (Lipinski definition) is 1. The largest absolute Gasteiger partial charge is 0.325 e. The third-order valence-corrected chi connectivity index (χ3v) is 5.05. The Balaban J connectivity index is 1.68. The zero-order chi connectivity index (χ0) is 19.5. The fraction of sp³-hybridized carbons (Fsp3) is 0.130. The number of carbonyl (C=O) groups excluding carboxylic acids is 1. The molecule has 0 aliphatic heterocycles. The van der Waals surface area contributed by atoms with E-state index < -0.39 is 0 Å². The number of benzene rings is 3. The van der Waals surface area contributed by atoms with Crippen LogP contribution in [0.4, 0.5) is 5.69 Å². The molecular formula is C23H20ClN3O. The number of amides is 1. The summed E-state index contributed by atoms with van der Waals surface area (Å²) in [4.78, 5) is 17.5. The standard InChI is InChI=1S/C23H20ClN3O/c1-2-16-11-13-17(14-12-16)25-22(28)15-27-21-10-6-5-9-20(21)26-23(27)18-7-3-4-8-19(18)24/h3-14H,2,15H2,1H3,(H,25,28). The van der Waals surface area contributed by atoms with Crippen LogP contribution in [0.25, 0.3) is 22.4 Å². The number of fused-ring (bicyclic) bond motifs is 1. The van der Waals surface area contributed by atoms with Crippen molar-refractivity contribution in [1.29, 1.82) is 0 Å². The Bertz CT molecular complexity index is 1130. The molecule has 3 aromatic carbocycles. The number of carbonyl (C=O) groups is 1. The van der Waals surface area contributed by atoms with Crippen molar-refractivity contribution in [2.45, 2.75) is 19.9 Å². The summed E-state index contributed by atoms with van der Waals surface area (Å²) in [6, 6.07) is 23.2. The van der Waals surface area contributed by atoms with Gasteiger partial charge in [-0.25, -0.2) is 4.98 Å². The van der Waals surface area contributed by atoms with Crippen molar-refractivity contribution < 1.29 is 4.79 Å². The van der Waals surface area contributed by atoms with Gasteiger partial charge in [0.15, 0.2) is 0 Å². The molecule has 1 amide bonds. The van der Waals surface area contributed by atoms with Crippen LogP contribution in [0.1, 0.15) is 12.5 Å². The van der Waals surface area contributed by atoms with Gasteiger partial charge < -0.3 is 9.88 Å². The zero-order valence-corrected chi connectivity index (χ0v) is 16.3. The lowest BCUT2D eigenvalue weighted by atomic mass is 10.1. The summed E-state index contributed by atoms with van der Waals surface area (Å²) in [5.41, 5.74) is 4.55. The van der Waals surface area contributed by atoms with Crippen molar-refractivity contribution in [2.24, 2.45) is 0 Å². The lowest BCUT2D eigenvalue weighted by molar-refractivity contribution is -0.116. The molecule has 28 heavy (non-hydrogen) atoms. The maximum Gasteiger partial charge on any atom is 0.244 e. The van der Waals surface area contributed by atoms with Gasteiger partial charge in [0.2, 0.25) is 5.91 Å². The van der Waals surface area contributed by atoms with Crippen LogP contribution in [0, 0.1) is 0 Å². The summed E-state index contributed by atoms with van der Waals surface area (Å²) in [6.45, 7) is 2.25. The molecule has 140 valence electrons. The normalized spacial score (nSPS) is 10.9. The number of hydrogen-bond acceptors (Lipinski definition) is 2. The monoisotopic (exact) mass is 389 g/mol. The minimum atomic E-state index is -0.110. The fourth-order valence-electron chi connectivity index (χ4n) is 3.25. The summed E-state index contributed by atoms with van der Waals surface area (Å²) < 4.78 is 1.91. The van der Waals surface area contributed by atoms with Crippen molar-refractivity contribution in [1.82, 2.24) is 9.55 Å². The van der Waals surface area contributed by atoms with Crippen LogP contribution in [0.3, 0.4) is 0 Å². The number of halogens is 1. The van der Waals surface area contributed by atoms with Crippen molar-refractivity contribution in [3.8, 4) is 11.4 Å². The van der Waals surface area contributed by atoms with E-state index in [0.29, 0.717) is 10.8 Å². The van der Waals surface area contributed by atoms with Crippen molar-refractivity contribution in [3.05, 3.63) is 83.4 Å². The highest BCUT2D eigenvalue weighted by molar-refractivity contribution is 6.33. The average Bonchev–Trinajstić information content (AvgIpc) is 3.07. The molecule has 0 aliphatic carbocycles. The second-order valence-electron chi connectivity index (χ2n) is 6.59. The van der Waals surface area contributed by atoms with E-state index in [1.165, 1.54) is 5.56 Å². The van der Waals surface area contributed by atoms with Gasteiger partial charge in [0.25, 0.3) is 0 Å². The van der Waals surface area contributed by atoms with E-state index in [0.717, 1.165) is 28.7 Å².